The van der Waals surface area contributed by atoms with Crippen LogP contribution in [0.25, 0.3) is 17.0 Å². The zero-order valence-electron chi connectivity index (χ0n) is 9.15. The third-order valence-corrected chi connectivity index (χ3v) is 2.83. The van der Waals surface area contributed by atoms with Crippen molar-refractivity contribution in [2.24, 2.45) is 0 Å². The summed E-state index contributed by atoms with van der Waals surface area (Å²) in [6.45, 7) is 0.932. The van der Waals surface area contributed by atoms with Crippen molar-refractivity contribution in [3.63, 3.8) is 0 Å². The highest BCUT2D eigenvalue weighted by Crippen LogP contribution is 2.20. The molecule has 1 saturated carbocycles. The molecule has 1 N–H and O–H groups in total. The number of furan rings is 1. The second kappa shape index (κ2) is 4.14. The Morgan fingerprint density at radius 1 is 1.31 bits per heavy atom. The van der Waals surface area contributed by atoms with Crippen molar-refractivity contribution in [3.05, 3.63) is 42.2 Å². The molecule has 82 valence electrons. The number of rotatable bonds is 4. The monoisotopic (exact) mass is 213 g/mol. The molecule has 3 rings (SSSR count). The molecule has 0 bridgehead atoms. The summed E-state index contributed by atoms with van der Waals surface area (Å²) in [5, 5.41) is 4.60. The zero-order valence-corrected chi connectivity index (χ0v) is 9.15. The Labute approximate surface area is 95.0 Å². The Balaban J connectivity index is 1.68. The van der Waals surface area contributed by atoms with E-state index in [1.165, 1.54) is 12.8 Å². The molecule has 1 aromatic heterocycles. The summed E-state index contributed by atoms with van der Waals surface area (Å²) < 4.78 is 5.68. The van der Waals surface area contributed by atoms with Gasteiger partial charge in [-0.05, 0) is 31.1 Å². The zero-order chi connectivity index (χ0) is 10.8. The van der Waals surface area contributed by atoms with Gasteiger partial charge in [0.1, 0.15) is 11.3 Å². The number of benzene rings is 1. The SMILES string of the molecule is C(=Cc1cc2ccccc2o1)CNC1CC1. The minimum atomic E-state index is 0.764. The van der Waals surface area contributed by atoms with Gasteiger partial charge in [0.05, 0.1) is 0 Å². The number of nitrogens with one attached hydrogen (secondary N) is 1. The smallest absolute Gasteiger partial charge is 0.134 e. The van der Waals surface area contributed by atoms with Crippen LogP contribution < -0.4 is 5.32 Å². The van der Waals surface area contributed by atoms with Crippen LogP contribution >= 0.6 is 0 Å². The molecule has 0 unspecified atom stereocenters. The molecular formula is C14H15NO. The molecule has 2 nitrogen and oxygen atoms in total. The van der Waals surface area contributed by atoms with E-state index in [2.05, 4.69) is 23.5 Å². The van der Waals surface area contributed by atoms with Crippen LogP contribution in [0.15, 0.2) is 40.8 Å². The highest BCUT2D eigenvalue weighted by Gasteiger charge is 2.18. The third-order valence-electron chi connectivity index (χ3n) is 2.83. The first-order chi connectivity index (χ1) is 7.92. The van der Waals surface area contributed by atoms with Gasteiger partial charge in [-0.2, -0.15) is 0 Å². The molecule has 1 aliphatic rings. The second-order valence-electron chi connectivity index (χ2n) is 4.27. The van der Waals surface area contributed by atoms with Crippen LogP contribution in [-0.4, -0.2) is 12.6 Å². The molecule has 1 aromatic carbocycles. The van der Waals surface area contributed by atoms with E-state index < -0.39 is 0 Å². The average Bonchev–Trinajstić information content (AvgIpc) is 3.03. The molecule has 0 atom stereocenters. The van der Waals surface area contributed by atoms with Gasteiger partial charge in [0.2, 0.25) is 0 Å². The first-order valence-corrected chi connectivity index (χ1v) is 5.80. The van der Waals surface area contributed by atoms with Gasteiger partial charge in [0.15, 0.2) is 0 Å². The van der Waals surface area contributed by atoms with Crippen LogP contribution in [0.3, 0.4) is 0 Å². The van der Waals surface area contributed by atoms with E-state index in [1.54, 1.807) is 0 Å². The highest BCUT2D eigenvalue weighted by atomic mass is 16.3. The van der Waals surface area contributed by atoms with E-state index in [1.807, 2.05) is 24.3 Å². The molecule has 0 saturated heterocycles. The molecule has 0 aliphatic heterocycles. The van der Waals surface area contributed by atoms with Crippen LogP contribution in [0, 0.1) is 0 Å². The molecule has 16 heavy (non-hydrogen) atoms. The third kappa shape index (κ3) is 2.17. The largest absolute Gasteiger partial charge is 0.457 e. The predicted molar refractivity (Wildman–Crippen MR) is 66.3 cm³/mol. The maximum Gasteiger partial charge on any atom is 0.134 e. The van der Waals surface area contributed by atoms with Crippen molar-refractivity contribution in [1.29, 1.82) is 0 Å². The van der Waals surface area contributed by atoms with Crippen LogP contribution in [0.1, 0.15) is 18.6 Å². The Morgan fingerprint density at radius 3 is 3.00 bits per heavy atom. The Hall–Kier alpha value is -1.54. The number of hydrogen-bond donors (Lipinski definition) is 1. The van der Waals surface area contributed by atoms with Gasteiger partial charge in [-0.1, -0.05) is 24.3 Å². The lowest BCUT2D eigenvalue weighted by Crippen LogP contribution is -2.15. The molecule has 1 fully saturated rings. The minimum Gasteiger partial charge on any atom is -0.457 e. The lowest BCUT2D eigenvalue weighted by molar-refractivity contribution is 0.604. The van der Waals surface area contributed by atoms with E-state index in [0.29, 0.717) is 0 Å². The Kier molecular flexibility index (Phi) is 2.50. The summed E-state index contributed by atoms with van der Waals surface area (Å²) in [5.74, 6) is 0.929. The fourth-order valence-electron chi connectivity index (χ4n) is 1.78. The van der Waals surface area contributed by atoms with Crippen molar-refractivity contribution < 1.29 is 4.42 Å². The van der Waals surface area contributed by atoms with Crippen molar-refractivity contribution in [2.75, 3.05) is 6.54 Å². The van der Waals surface area contributed by atoms with Crippen molar-refractivity contribution >= 4 is 17.0 Å². The lowest BCUT2D eigenvalue weighted by atomic mass is 10.2. The van der Waals surface area contributed by atoms with Crippen LogP contribution in [0.4, 0.5) is 0 Å². The Bertz CT molecular complexity index is 475. The van der Waals surface area contributed by atoms with E-state index in [4.69, 9.17) is 4.42 Å². The maximum absolute atomic E-state index is 5.68. The summed E-state index contributed by atoms with van der Waals surface area (Å²) in [5.41, 5.74) is 0.956. The van der Waals surface area contributed by atoms with Gasteiger partial charge in [-0.3, -0.25) is 0 Å². The summed E-state index contributed by atoms with van der Waals surface area (Å²) in [6, 6.07) is 10.9. The molecule has 1 aliphatic carbocycles. The van der Waals surface area contributed by atoms with E-state index in [9.17, 15) is 0 Å². The number of fused-ring (bicyclic) bond motifs is 1. The normalized spacial score (nSPS) is 16.2. The highest BCUT2D eigenvalue weighted by molar-refractivity contribution is 5.79. The first-order valence-electron chi connectivity index (χ1n) is 5.80. The second-order valence-corrected chi connectivity index (χ2v) is 4.27. The average molecular weight is 213 g/mol. The number of para-hydroxylation sites is 1. The van der Waals surface area contributed by atoms with E-state index in [0.717, 1.165) is 29.3 Å². The quantitative estimate of drug-likeness (QED) is 0.843. The summed E-state index contributed by atoms with van der Waals surface area (Å²) in [6.07, 6.45) is 6.82. The summed E-state index contributed by atoms with van der Waals surface area (Å²) >= 11 is 0. The van der Waals surface area contributed by atoms with Crippen molar-refractivity contribution in [2.45, 2.75) is 18.9 Å². The molecule has 2 heteroatoms. The molecule has 0 radical (unpaired) electrons. The summed E-state index contributed by atoms with van der Waals surface area (Å²) in [7, 11) is 0. The van der Waals surface area contributed by atoms with Crippen molar-refractivity contribution in [3.8, 4) is 0 Å². The topological polar surface area (TPSA) is 25.2 Å². The van der Waals surface area contributed by atoms with Gasteiger partial charge in [-0.25, -0.2) is 0 Å². The fraction of sp³-hybridized carbons (Fsp3) is 0.286. The standard InChI is InChI=1S/C14H15NO/c1-2-6-14-11(4-1)10-13(16-14)5-3-9-15-12-7-8-12/h1-6,10,12,15H,7-9H2. The minimum absolute atomic E-state index is 0.764. The lowest BCUT2D eigenvalue weighted by Gasteiger charge is -1.93. The first kappa shape index (κ1) is 9.67. The van der Waals surface area contributed by atoms with Gasteiger partial charge in [-0.15, -0.1) is 0 Å². The predicted octanol–water partition coefficient (Wildman–Crippen LogP) is 3.20. The van der Waals surface area contributed by atoms with Gasteiger partial charge in [0, 0.05) is 18.0 Å². The van der Waals surface area contributed by atoms with Crippen LogP contribution in [-0.2, 0) is 0 Å². The van der Waals surface area contributed by atoms with Gasteiger partial charge in [0.25, 0.3) is 0 Å². The molecular weight excluding hydrogens is 198 g/mol. The van der Waals surface area contributed by atoms with Gasteiger partial charge < -0.3 is 9.73 Å². The molecule has 0 amide bonds. The molecule has 2 aromatic rings. The van der Waals surface area contributed by atoms with Gasteiger partial charge >= 0.3 is 0 Å². The number of hydrogen-bond acceptors (Lipinski definition) is 2. The molecule has 0 spiro atoms. The summed E-state index contributed by atoms with van der Waals surface area (Å²) in [4.78, 5) is 0. The maximum atomic E-state index is 5.68. The van der Waals surface area contributed by atoms with Crippen LogP contribution in [0.5, 0.6) is 0 Å². The fourth-order valence-corrected chi connectivity index (χ4v) is 1.78. The van der Waals surface area contributed by atoms with E-state index in [-0.39, 0.29) is 0 Å². The van der Waals surface area contributed by atoms with Crippen LogP contribution in [0.2, 0.25) is 0 Å². The van der Waals surface area contributed by atoms with E-state index >= 15 is 0 Å². The van der Waals surface area contributed by atoms with Crippen molar-refractivity contribution in [1.82, 2.24) is 5.32 Å². The molecule has 1 heterocycles. The Morgan fingerprint density at radius 2 is 2.19 bits per heavy atom.